The summed E-state index contributed by atoms with van der Waals surface area (Å²) in [6.45, 7) is 3.04. The van der Waals surface area contributed by atoms with E-state index in [-0.39, 0.29) is 6.10 Å². The molecule has 1 heterocycles. The molecule has 98 valence electrons. The summed E-state index contributed by atoms with van der Waals surface area (Å²) in [6.07, 6.45) is 2.29. The molecule has 0 spiro atoms. The maximum Gasteiger partial charge on any atom is 0.123 e. The van der Waals surface area contributed by atoms with Crippen LogP contribution in [0.1, 0.15) is 18.1 Å². The zero-order valence-corrected chi connectivity index (χ0v) is 11.2. The SMILES string of the molecule is CCc1ccccc1NCC1Cc2ccccc2O1. The maximum atomic E-state index is 5.94. The second-order valence-electron chi connectivity index (χ2n) is 4.94. The Morgan fingerprint density at radius 2 is 1.89 bits per heavy atom. The highest BCUT2D eigenvalue weighted by atomic mass is 16.5. The van der Waals surface area contributed by atoms with E-state index in [9.17, 15) is 0 Å². The largest absolute Gasteiger partial charge is 0.488 e. The van der Waals surface area contributed by atoms with Crippen molar-refractivity contribution in [2.24, 2.45) is 0 Å². The number of para-hydroxylation sites is 2. The minimum Gasteiger partial charge on any atom is -0.488 e. The number of rotatable bonds is 4. The van der Waals surface area contributed by atoms with Crippen LogP contribution in [0.5, 0.6) is 5.75 Å². The molecule has 19 heavy (non-hydrogen) atoms. The molecule has 0 aliphatic carbocycles. The molecule has 0 amide bonds. The molecular formula is C17H19NO. The van der Waals surface area contributed by atoms with E-state index in [1.54, 1.807) is 0 Å². The van der Waals surface area contributed by atoms with Gasteiger partial charge in [-0.3, -0.25) is 0 Å². The van der Waals surface area contributed by atoms with Crippen molar-refractivity contribution < 1.29 is 4.74 Å². The first-order valence-electron chi connectivity index (χ1n) is 6.93. The standard InChI is InChI=1S/C17H19NO/c1-2-13-7-3-5-9-16(13)18-12-15-11-14-8-4-6-10-17(14)19-15/h3-10,15,18H,2,11-12H2,1H3. The molecule has 2 nitrogen and oxygen atoms in total. The second-order valence-corrected chi connectivity index (χ2v) is 4.94. The maximum absolute atomic E-state index is 5.94. The summed E-state index contributed by atoms with van der Waals surface area (Å²) in [5, 5.41) is 3.52. The van der Waals surface area contributed by atoms with Gasteiger partial charge in [0.2, 0.25) is 0 Å². The van der Waals surface area contributed by atoms with Crippen molar-refractivity contribution in [2.45, 2.75) is 25.9 Å². The van der Waals surface area contributed by atoms with Crippen LogP contribution < -0.4 is 10.1 Å². The van der Waals surface area contributed by atoms with E-state index in [0.717, 1.165) is 25.1 Å². The van der Waals surface area contributed by atoms with Gasteiger partial charge in [0.25, 0.3) is 0 Å². The van der Waals surface area contributed by atoms with Gasteiger partial charge >= 0.3 is 0 Å². The third-order valence-electron chi connectivity index (χ3n) is 3.63. The van der Waals surface area contributed by atoms with Gasteiger partial charge in [0.15, 0.2) is 0 Å². The van der Waals surface area contributed by atoms with Crippen LogP contribution in [0.25, 0.3) is 0 Å². The fraction of sp³-hybridized carbons (Fsp3) is 0.294. The lowest BCUT2D eigenvalue weighted by Gasteiger charge is -2.15. The number of hydrogen-bond acceptors (Lipinski definition) is 2. The van der Waals surface area contributed by atoms with Gasteiger partial charge in [-0.1, -0.05) is 43.3 Å². The van der Waals surface area contributed by atoms with Crippen LogP contribution in [0.2, 0.25) is 0 Å². The molecule has 2 aromatic carbocycles. The molecule has 0 bridgehead atoms. The average molecular weight is 253 g/mol. The topological polar surface area (TPSA) is 21.3 Å². The van der Waals surface area contributed by atoms with E-state index >= 15 is 0 Å². The van der Waals surface area contributed by atoms with Gasteiger partial charge in [-0.2, -0.15) is 0 Å². The van der Waals surface area contributed by atoms with Crippen LogP contribution in [-0.4, -0.2) is 12.6 Å². The van der Waals surface area contributed by atoms with Gasteiger partial charge in [0.05, 0.1) is 6.54 Å². The fourth-order valence-electron chi connectivity index (χ4n) is 2.59. The molecule has 0 saturated heterocycles. The number of anilines is 1. The van der Waals surface area contributed by atoms with E-state index in [4.69, 9.17) is 4.74 Å². The Balaban J connectivity index is 1.63. The third kappa shape index (κ3) is 2.58. The molecule has 0 saturated carbocycles. The molecule has 0 fully saturated rings. The van der Waals surface area contributed by atoms with Crippen LogP contribution in [0.3, 0.4) is 0 Å². The predicted molar refractivity (Wildman–Crippen MR) is 78.9 cm³/mol. The molecule has 1 atom stereocenters. The van der Waals surface area contributed by atoms with Crippen LogP contribution in [0, 0.1) is 0 Å². The van der Waals surface area contributed by atoms with Gasteiger partial charge in [-0.15, -0.1) is 0 Å². The monoisotopic (exact) mass is 253 g/mol. The predicted octanol–water partition coefficient (Wildman–Crippen LogP) is 3.66. The zero-order valence-electron chi connectivity index (χ0n) is 11.2. The minimum absolute atomic E-state index is 0.238. The van der Waals surface area contributed by atoms with Gasteiger partial charge in [0.1, 0.15) is 11.9 Å². The Morgan fingerprint density at radius 1 is 1.11 bits per heavy atom. The van der Waals surface area contributed by atoms with E-state index < -0.39 is 0 Å². The molecule has 2 aromatic rings. The summed E-state index contributed by atoms with van der Waals surface area (Å²) in [4.78, 5) is 0. The lowest BCUT2D eigenvalue weighted by atomic mass is 10.1. The molecule has 1 aliphatic rings. The third-order valence-corrected chi connectivity index (χ3v) is 3.63. The lowest BCUT2D eigenvalue weighted by molar-refractivity contribution is 0.246. The van der Waals surface area contributed by atoms with Crippen molar-refractivity contribution in [3.05, 3.63) is 59.7 Å². The minimum atomic E-state index is 0.238. The van der Waals surface area contributed by atoms with Gasteiger partial charge < -0.3 is 10.1 Å². The highest BCUT2D eigenvalue weighted by molar-refractivity contribution is 5.51. The van der Waals surface area contributed by atoms with Crippen molar-refractivity contribution in [3.63, 3.8) is 0 Å². The zero-order chi connectivity index (χ0) is 13.1. The quantitative estimate of drug-likeness (QED) is 0.897. The molecule has 1 N–H and O–H groups in total. The van der Waals surface area contributed by atoms with Crippen LogP contribution in [0.4, 0.5) is 5.69 Å². The summed E-state index contributed by atoms with van der Waals surface area (Å²) >= 11 is 0. The molecule has 2 heteroatoms. The van der Waals surface area contributed by atoms with E-state index in [1.807, 2.05) is 6.07 Å². The first-order valence-corrected chi connectivity index (χ1v) is 6.93. The van der Waals surface area contributed by atoms with Gasteiger partial charge in [0, 0.05) is 12.1 Å². The number of fused-ring (bicyclic) bond motifs is 1. The molecule has 1 unspecified atom stereocenters. The number of benzene rings is 2. The molecule has 3 rings (SSSR count). The summed E-state index contributed by atoms with van der Waals surface area (Å²) in [5.41, 5.74) is 3.90. The highest BCUT2D eigenvalue weighted by Gasteiger charge is 2.21. The molecular weight excluding hydrogens is 234 g/mol. The van der Waals surface area contributed by atoms with Gasteiger partial charge in [-0.05, 0) is 29.7 Å². The average Bonchev–Trinajstić information content (AvgIpc) is 2.88. The number of nitrogens with one attached hydrogen (secondary N) is 1. The summed E-state index contributed by atoms with van der Waals surface area (Å²) in [5.74, 6) is 1.04. The normalized spacial score (nSPS) is 16.8. The number of ether oxygens (including phenoxy) is 1. The Kier molecular flexibility index (Phi) is 3.41. The van der Waals surface area contributed by atoms with Crippen LogP contribution in [0.15, 0.2) is 48.5 Å². The second kappa shape index (κ2) is 5.35. The van der Waals surface area contributed by atoms with Crippen molar-refractivity contribution in [1.29, 1.82) is 0 Å². The van der Waals surface area contributed by atoms with Crippen LogP contribution >= 0.6 is 0 Å². The van der Waals surface area contributed by atoms with Crippen molar-refractivity contribution >= 4 is 5.69 Å². The van der Waals surface area contributed by atoms with Crippen LogP contribution in [-0.2, 0) is 12.8 Å². The Hall–Kier alpha value is -1.96. The smallest absolute Gasteiger partial charge is 0.123 e. The Bertz CT molecular complexity index is 540. The fourth-order valence-corrected chi connectivity index (χ4v) is 2.59. The van der Waals surface area contributed by atoms with E-state index in [0.29, 0.717) is 0 Å². The molecule has 0 radical (unpaired) electrons. The first kappa shape index (κ1) is 12.1. The summed E-state index contributed by atoms with van der Waals surface area (Å²) < 4.78 is 5.94. The van der Waals surface area contributed by atoms with E-state index in [2.05, 4.69) is 54.7 Å². The molecule has 1 aliphatic heterocycles. The van der Waals surface area contributed by atoms with Crippen molar-refractivity contribution in [3.8, 4) is 5.75 Å². The molecule has 0 aromatic heterocycles. The highest BCUT2D eigenvalue weighted by Crippen LogP contribution is 2.28. The number of aryl methyl sites for hydroxylation is 1. The van der Waals surface area contributed by atoms with Crippen molar-refractivity contribution in [2.75, 3.05) is 11.9 Å². The van der Waals surface area contributed by atoms with Crippen molar-refractivity contribution in [1.82, 2.24) is 0 Å². The van der Waals surface area contributed by atoms with Gasteiger partial charge in [-0.25, -0.2) is 0 Å². The Morgan fingerprint density at radius 3 is 2.74 bits per heavy atom. The summed E-state index contributed by atoms with van der Waals surface area (Å²) in [6, 6.07) is 16.8. The summed E-state index contributed by atoms with van der Waals surface area (Å²) in [7, 11) is 0. The lowest BCUT2D eigenvalue weighted by Crippen LogP contribution is -2.24. The number of hydrogen-bond donors (Lipinski definition) is 1. The first-order chi connectivity index (χ1) is 9.36. The Labute approximate surface area is 114 Å². The van der Waals surface area contributed by atoms with E-state index in [1.165, 1.54) is 16.8 Å².